The average Bonchev–Trinajstić information content (AvgIpc) is 3.10. The van der Waals surface area contributed by atoms with Gasteiger partial charge in [-0.3, -0.25) is 0 Å². The van der Waals surface area contributed by atoms with E-state index >= 15 is 4.57 Å². The normalized spacial score (nSPS) is 12.3. The highest BCUT2D eigenvalue weighted by Crippen LogP contribution is 2.53. The minimum Gasteiger partial charge on any atom is -0.456 e. The van der Waals surface area contributed by atoms with E-state index in [0.29, 0.717) is 18.2 Å². The summed E-state index contributed by atoms with van der Waals surface area (Å²) < 4.78 is 161. The lowest BCUT2D eigenvalue weighted by Gasteiger charge is -2.27. The minimum absolute atomic E-state index is 0.128. The van der Waals surface area contributed by atoms with Gasteiger partial charge in [-0.1, -0.05) is 36.4 Å². The van der Waals surface area contributed by atoms with Gasteiger partial charge in [0.15, 0.2) is 7.14 Å². The molecule has 6 aromatic carbocycles. The molecule has 0 aliphatic carbocycles. The lowest BCUT2D eigenvalue weighted by molar-refractivity contribution is -0.139. The summed E-state index contributed by atoms with van der Waals surface area (Å²) in [4.78, 5) is 0. The van der Waals surface area contributed by atoms with Crippen molar-refractivity contribution in [2.45, 2.75) is 18.5 Å². The molecule has 6 aromatic rings. The van der Waals surface area contributed by atoms with Crippen LogP contribution in [-0.4, -0.2) is 0 Å². The lowest BCUT2D eigenvalue weighted by Crippen LogP contribution is -2.28. The molecule has 0 heterocycles. The van der Waals surface area contributed by atoms with Gasteiger partial charge in [-0.05, 0) is 72.8 Å². The second-order valence-corrected chi connectivity index (χ2v) is 14.7. The number of nitrogen functional groups attached to an aromatic ring is 3. The summed E-state index contributed by atoms with van der Waals surface area (Å²) in [6, 6.07) is 22.9. The quantitative estimate of drug-likeness (QED) is 0.0756. The molecule has 0 fully saturated rings. The van der Waals surface area contributed by atoms with Crippen LogP contribution >= 0.6 is 7.14 Å². The Morgan fingerprint density at radius 1 is 0.375 bits per heavy atom. The number of benzene rings is 6. The summed E-state index contributed by atoms with van der Waals surface area (Å²) in [5.74, 6) is -3.73. The fraction of sp³-hybridized carbons (Fsp3) is 0.0769. The van der Waals surface area contributed by atoms with E-state index in [2.05, 4.69) is 0 Å². The number of alkyl halides is 9. The van der Waals surface area contributed by atoms with Gasteiger partial charge in [0.25, 0.3) is 0 Å². The number of nitrogens with two attached hydrogens (primary N) is 3. The van der Waals surface area contributed by atoms with Crippen molar-refractivity contribution in [2.24, 2.45) is 0 Å². The molecule has 0 aliphatic rings. The molecule has 290 valence electrons. The van der Waals surface area contributed by atoms with Gasteiger partial charge in [-0.2, -0.15) is 39.5 Å². The van der Waals surface area contributed by atoms with Crippen LogP contribution in [0.5, 0.6) is 34.5 Å². The molecule has 0 radical (unpaired) electrons. The molecule has 0 aliphatic heterocycles. The SMILES string of the molecule is Nc1ccc(C(F)(F)F)c(Oc2ccccc2P(=O)(c2ccccc2Oc2cc(N)ccc2C(F)(F)F)c2ccccc2Oc2cc(N)ccc2C(F)(F)F)c1. The fourth-order valence-corrected chi connectivity index (χ4v) is 8.69. The minimum atomic E-state index is -4.95. The summed E-state index contributed by atoms with van der Waals surface area (Å²) in [5.41, 5.74) is 13.3. The van der Waals surface area contributed by atoms with Crippen LogP contribution < -0.4 is 47.3 Å². The third-order valence-electron chi connectivity index (χ3n) is 8.21. The Labute approximate surface area is 312 Å². The molecule has 0 saturated heterocycles. The fourth-order valence-electron chi connectivity index (χ4n) is 5.73. The maximum atomic E-state index is 16.3. The first kappa shape index (κ1) is 39.4. The molecule has 0 saturated carbocycles. The standard InChI is InChI=1S/C39H27F9N3O4P/c40-37(41,42)25-16-13-22(49)19-31(25)53-28-7-1-4-10-34(28)56(52,35-11-5-2-8-29(35)54-32-20-23(50)14-17-26(32)38(43,44)45)36-12-6-3-9-30(36)55-33-21-24(51)15-18-27(33)39(46,47)48/h1-21H,49-51H2. The van der Waals surface area contributed by atoms with E-state index in [1.807, 2.05) is 0 Å². The highest BCUT2D eigenvalue weighted by atomic mass is 31.2. The predicted octanol–water partition coefficient (Wildman–Crippen LogP) is 10.5. The average molecular weight is 804 g/mol. The van der Waals surface area contributed by atoms with E-state index in [0.717, 1.165) is 36.4 Å². The van der Waals surface area contributed by atoms with Crippen LogP contribution in [0, 0.1) is 0 Å². The van der Waals surface area contributed by atoms with Crippen molar-refractivity contribution in [1.29, 1.82) is 0 Å². The van der Waals surface area contributed by atoms with E-state index in [1.54, 1.807) is 0 Å². The molecule has 7 nitrogen and oxygen atoms in total. The molecule has 6 N–H and O–H groups in total. The number of para-hydroxylation sites is 3. The Kier molecular flexibility index (Phi) is 10.4. The summed E-state index contributed by atoms with van der Waals surface area (Å²) in [7, 11) is -4.82. The van der Waals surface area contributed by atoms with Crippen LogP contribution in [0.4, 0.5) is 56.6 Å². The lowest BCUT2D eigenvalue weighted by atomic mass is 10.1. The first-order valence-electron chi connectivity index (χ1n) is 16.1. The van der Waals surface area contributed by atoms with Gasteiger partial charge in [-0.25, -0.2) is 0 Å². The van der Waals surface area contributed by atoms with E-state index in [-0.39, 0.29) is 33.0 Å². The molecule has 56 heavy (non-hydrogen) atoms. The Balaban J connectivity index is 1.64. The highest BCUT2D eigenvalue weighted by Gasteiger charge is 2.42. The van der Waals surface area contributed by atoms with Crippen molar-refractivity contribution in [2.75, 3.05) is 17.2 Å². The van der Waals surface area contributed by atoms with Crippen molar-refractivity contribution in [3.05, 3.63) is 144 Å². The molecule has 0 unspecified atom stereocenters. The zero-order chi connectivity index (χ0) is 40.6. The smallest absolute Gasteiger partial charge is 0.419 e. The van der Waals surface area contributed by atoms with Crippen LogP contribution in [0.25, 0.3) is 0 Å². The Bertz CT molecular complexity index is 2200. The van der Waals surface area contributed by atoms with Crippen LogP contribution in [0.15, 0.2) is 127 Å². The number of hydrogen-bond acceptors (Lipinski definition) is 7. The van der Waals surface area contributed by atoms with E-state index < -0.39 is 76.9 Å². The molecule has 0 amide bonds. The van der Waals surface area contributed by atoms with Gasteiger partial charge >= 0.3 is 18.5 Å². The topological polar surface area (TPSA) is 123 Å². The molecule has 0 aromatic heterocycles. The van der Waals surface area contributed by atoms with E-state index in [4.69, 9.17) is 31.4 Å². The van der Waals surface area contributed by atoms with Gasteiger partial charge in [0.1, 0.15) is 34.5 Å². The molecular formula is C39H27F9N3O4P. The first-order chi connectivity index (χ1) is 26.3. The third kappa shape index (κ3) is 8.05. The van der Waals surface area contributed by atoms with Crippen LogP contribution in [0.1, 0.15) is 16.7 Å². The third-order valence-corrected chi connectivity index (χ3v) is 11.4. The molecule has 0 spiro atoms. The number of halogens is 9. The summed E-state index contributed by atoms with van der Waals surface area (Å²) in [6.45, 7) is 0. The first-order valence-corrected chi connectivity index (χ1v) is 17.8. The monoisotopic (exact) mass is 803 g/mol. The van der Waals surface area contributed by atoms with E-state index in [9.17, 15) is 39.5 Å². The van der Waals surface area contributed by atoms with E-state index in [1.165, 1.54) is 72.8 Å². The van der Waals surface area contributed by atoms with Gasteiger partial charge in [0, 0.05) is 35.3 Å². The molecule has 0 atom stereocenters. The summed E-state index contributed by atoms with van der Waals surface area (Å²) >= 11 is 0. The maximum Gasteiger partial charge on any atom is 0.419 e. The van der Waals surface area contributed by atoms with Crippen molar-refractivity contribution < 1.29 is 58.3 Å². The molecule has 0 bridgehead atoms. The van der Waals surface area contributed by atoms with Crippen molar-refractivity contribution in [3.8, 4) is 34.5 Å². The van der Waals surface area contributed by atoms with Crippen LogP contribution in [0.3, 0.4) is 0 Å². The number of anilines is 3. The molecular weight excluding hydrogens is 776 g/mol. The zero-order valence-electron chi connectivity index (χ0n) is 28.3. The Morgan fingerprint density at radius 3 is 0.875 bits per heavy atom. The largest absolute Gasteiger partial charge is 0.456 e. The van der Waals surface area contributed by atoms with Gasteiger partial charge in [0.2, 0.25) is 0 Å². The van der Waals surface area contributed by atoms with Crippen molar-refractivity contribution in [1.82, 2.24) is 0 Å². The van der Waals surface area contributed by atoms with Gasteiger partial charge in [-0.15, -0.1) is 0 Å². The summed E-state index contributed by atoms with van der Waals surface area (Å²) in [5, 5.41) is -1.06. The number of rotatable bonds is 9. The second kappa shape index (κ2) is 14.8. The molecule has 17 heteroatoms. The summed E-state index contributed by atoms with van der Waals surface area (Å²) in [6.07, 6.45) is -14.9. The van der Waals surface area contributed by atoms with Gasteiger partial charge < -0.3 is 36.0 Å². The maximum absolute atomic E-state index is 16.3. The Morgan fingerprint density at radius 2 is 0.625 bits per heavy atom. The second-order valence-electron chi connectivity index (χ2n) is 12.1. The zero-order valence-corrected chi connectivity index (χ0v) is 29.2. The van der Waals surface area contributed by atoms with Gasteiger partial charge in [0.05, 0.1) is 32.6 Å². The molecule has 6 rings (SSSR count). The highest BCUT2D eigenvalue weighted by molar-refractivity contribution is 7.85. The number of ether oxygens (including phenoxy) is 3. The predicted molar refractivity (Wildman–Crippen MR) is 194 cm³/mol. The van der Waals surface area contributed by atoms with Crippen molar-refractivity contribution >= 4 is 40.1 Å². The Hall–Kier alpha value is -6.28. The van der Waals surface area contributed by atoms with Crippen LogP contribution in [0.2, 0.25) is 0 Å². The van der Waals surface area contributed by atoms with Crippen molar-refractivity contribution in [3.63, 3.8) is 0 Å². The number of hydrogen-bond donors (Lipinski definition) is 3. The van der Waals surface area contributed by atoms with Crippen LogP contribution in [-0.2, 0) is 23.1 Å².